The zero-order valence-electron chi connectivity index (χ0n) is 13.4. The minimum Gasteiger partial charge on any atom is -0.486 e. The van der Waals surface area contributed by atoms with Gasteiger partial charge in [0.15, 0.2) is 10.7 Å². The summed E-state index contributed by atoms with van der Waals surface area (Å²) in [5.74, 6) is 0.403. The largest absolute Gasteiger partial charge is 0.486 e. The van der Waals surface area contributed by atoms with Crippen LogP contribution >= 0.6 is 34.5 Å². The van der Waals surface area contributed by atoms with E-state index in [1.165, 1.54) is 11.3 Å². The molecule has 0 aliphatic carbocycles. The number of rotatable bonds is 4. The van der Waals surface area contributed by atoms with Gasteiger partial charge in [-0.15, -0.1) is 0 Å². The third-order valence-electron chi connectivity index (χ3n) is 3.81. The van der Waals surface area contributed by atoms with E-state index in [2.05, 4.69) is 11.6 Å². The van der Waals surface area contributed by atoms with E-state index < -0.39 is 0 Å². The Balaban J connectivity index is 1.85. The van der Waals surface area contributed by atoms with Crippen molar-refractivity contribution in [2.75, 3.05) is 6.61 Å². The van der Waals surface area contributed by atoms with Crippen LogP contribution in [0.3, 0.4) is 0 Å². The van der Waals surface area contributed by atoms with E-state index in [0.717, 1.165) is 16.6 Å². The number of aromatic nitrogens is 2. The zero-order chi connectivity index (χ0) is 18.3. The van der Waals surface area contributed by atoms with E-state index >= 15 is 0 Å². The van der Waals surface area contributed by atoms with Gasteiger partial charge < -0.3 is 4.74 Å². The molecule has 2 aromatic carbocycles. The van der Waals surface area contributed by atoms with Crippen molar-refractivity contribution in [3.05, 3.63) is 79.5 Å². The molecule has 0 aliphatic heterocycles. The van der Waals surface area contributed by atoms with Gasteiger partial charge in [0.05, 0.1) is 25.6 Å². The van der Waals surface area contributed by atoms with E-state index in [4.69, 9.17) is 27.9 Å². The third-order valence-corrected chi connectivity index (χ3v) is 5.34. The molecule has 2 heterocycles. The molecule has 130 valence electrons. The highest BCUT2D eigenvalue weighted by molar-refractivity contribution is 7.15. The lowest BCUT2D eigenvalue weighted by Crippen LogP contribution is -2.22. The van der Waals surface area contributed by atoms with Crippen LogP contribution in [0.25, 0.3) is 22.1 Å². The average molecular weight is 403 g/mol. The molecule has 0 saturated carbocycles. The lowest BCUT2D eigenvalue weighted by atomic mass is 10.2. The number of imidazole rings is 1. The van der Waals surface area contributed by atoms with Crippen molar-refractivity contribution in [3.8, 4) is 5.75 Å². The van der Waals surface area contributed by atoms with Gasteiger partial charge in [0.25, 0.3) is 5.56 Å². The highest BCUT2D eigenvalue weighted by Crippen LogP contribution is 2.34. The molecule has 4 nitrogen and oxygen atoms in total. The summed E-state index contributed by atoms with van der Waals surface area (Å²) in [6, 6.07) is 11.0. The number of halogens is 2. The molecule has 0 spiro atoms. The molecule has 0 aliphatic rings. The third kappa shape index (κ3) is 2.88. The molecule has 0 bridgehead atoms. The number of hydrogen-bond donors (Lipinski definition) is 0. The van der Waals surface area contributed by atoms with E-state index in [1.807, 2.05) is 24.3 Å². The number of benzene rings is 2. The van der Waals surface area contributed by atoms with Gasteiger partial charge in [-0.25, -0.2) is 9.38 Å². The molecule has 0 radical (unpaired) electrons. The molecule has 0 fully saturated rings. The van der Waals surface area contributed by atoms with Gasteiger partial charge in [-0.1, -0.05) is 59.3 Å². The first kappa shape index (κ1) is 17.1. The Hall–Kier alpha value is -2.34. The van der Waals surface area contributed by atoms with E-state index in [0.29, 0.717) is 31.9 Å². The van der Waals surface area contributed by atoms with Gasteiger partial charge in [-0.05, 0) is 35.9 Å². The Morgan fingerprint density at radius 3 is 2.69 bits per heavy atom. The highest BCUT2D eigenvalue weighted by atomic mass is 35.5. The Kier molecular flexibility index (Phi) is 4.44. The number of ether oxygens (including phenoxy) is 1. The summed E-state index contributed by atoms with van der Waals surface area (Å²) in [5.41, 5.74) is 2.21. The van der Waals surface area contributed by atoms with Crippen LogP contribution in [0.15, 0.2) is 53.8 Å². The monoisotopic (exact) mass is 402 g/mol. The quantitative estimate of drug-likeness (QED) is 0.477. The summed E-state index contributed by atoms with van der Waals surface area (Å²) in [7, 11) is 0. The number of hydrogen-bond acceptors (Lipinski definition) is 4. The van der Waals surface area contributed by atoms with E-state index in [-0.39, 0.29) is 5.56 Å². The van der Waals surface area contributed by atoms with Crippen LogP contribution in [0.1, 0.15) is 5.56 Å². The van der Waals surface area contributed by atoms with Crippen molar-refractivity contribution in [1.82, 2.24) is 9.38 Å². The minimum absolute atomic E-state index is 0.113. The molecular weight excluding hydrogens is 391 g/mol. The van der Waals surface area contributed by atoms with Gasteiger partial charge in [-0.2, -0.15) is 0 Å². The fourth-order valence-corrected chi connectivity index (χ4v) is 4.31. The summed E-state index contributed by atoms with van der Waals surface area (Å²) >= 11 is 13.8. The molecule has 0 N–H and O–H groups in total. The molecule has 0 amide bonds. The first-order valence-corrected chi connectivity index (χ1v) is 9.30. The van der Waals surface area contributed by atoms with Crippen LogP contribution in [0.5, 0.6) is 5.75 Å². The van der Waals surface area contributed by atoms with Crippen LogP contribution in [-0.4, -0.2) is 16.0 Å². The van der Waals surface area contributed by atoms with Crippen molar-refractivity contribution in [2.45, 2.75) is 0 Å². The summed E-state index contributed by atoms with van der Waals surface area (Å²) in [6.45, 7) is 3.90. The molecule has 4 rings (SSSR count). The first-order chi connectivity index (χ1) is 12.6. The molecule has 0 atom stereocenters. The van der Waals surface area contributed by atoms with E-state index in [9.17, 15) is 4.79 Å². The second-order valence-corrected chi connectivity index (χ2v) is 7.37. The SMILES string of the molecule is C=CCOc1c(Cl)cc(C=c2sc3nc4ccccc4n3c2=O)cc1Cl. The predicted octanol–water partition coefficient (Wildman–Crippen LogP) is 4.33. The number of fused-ring (bicyclic) bond motifs is 3. The average Bonchev–Trinajstić information content (AvgIpc) is 3.11. The molecular formula is C19H12Cl2N2O2S. The molecule has 26 heavy (non-hydrogen) atoms. The number of thiazole rings is 1. The Morgan fingerprint density at radius 1 is 1.23 bits per heavy atom. The topological polar surface area (TPSA) is 43.6 Å². The maximum absolute atomic E-state index is 12.8. The second-order valence-electron chi connectivity index (χ2n) is 5.55. The van der Waals surface area contributed by atoms with Crippen molar-refractivity contribution in [2.24, 2.45) is 0 Å². The van der Waals surface area contributed by atoms with Crippen molar-refractivity contribution in [1.29, 1.82) is 0 Å². The minimum atomic E-state index is -0.113. The van der Waals surface area contributed by atoms with Crippen LogP contribution in [0.2, 0.25) is 10.0 Å². The summed E-state index contributed by atoms with van der Waals surface area (Å²) in [6.07, 6.45) is 3.37. The zero-order valence-corrected chi connectivity index (χ0v) is 15.7. The van der Waals surface area contributed by atoms with Crippen LogP contribution < -0.4 is 14.8 Å². The summed E-state index contributed by atoms with van der Waals surface area (Å²) in [4.78, 5) is 17.9. The van der Waals surface area contributed by atoms with E-state index in [1.54, 1.807) is 28.7 Å². The van der Waals surface area contributed by atoms with Gasteiger partial charge in [0.2, 0.25) is 0 Å². The van der Waals surface area contributed by atoms with Gasteiger partial charge >= 0.3 is 0 Å². The second kappa shape index (κ2) is 6.76. The van der Waals surface area contributed by atoms with Crippen molar-refractivity contribution >= 4 is 56.6 Å². The fourth-order valence-electron chi connectivity index (χ4n) is 2.71. The molecule has 4 aromatic rings. The molecule has 7 heteroatoms. The Morgan fingerprint density at radius 2 is 1.96 bits per heavy atom. The molecule has 0 unspecified atom stereocenters. The summed E-state index contributed by atoms with van der Waals surface area (Å²) < 4.78 is 7.64. The van der Waals surface area contributed by atoms with Gasteiger partial charge in [0.1, 0.15) is 6.61 Å². The van der Waals surface area contributed by atoms with Crippen LogP contribution in [0.4, 0.5) is 0 Å². The predicted molar refractivity (Wildman–Crippen MR) is 108 cm³/mol. The van der Waals surface area contributed by atoms with Gasteiger partial charge in [-0.3, -0.25) is 4.79 Å². The maximum Gasteiger partial charge on any atom is 0.274 e. The fraction of sp³-hybridized carbons (Fsp3) is 0.0526. The van der Waals surface area contributed by atoms with Crippen molar-refractivity contribution < 1.29 is 4.74 Å². The molecule has 0 saturated heterocycles. The highest BCUT2D eigenvalue weighted by Gasteiger charge is 2.12. The normalized spacial score (nSPS) is 12.2. The smallest absolute Gasteiger partial charge is 0.274 e. The standard InChI is InChI=1S/C19H12Cl2N2O2S/c1-2-7-25-17-12(20)8-11(9-13(17)21)10-16-18(24)23-15-6-4-3-5-14(15)22-19(23)26-16/h2-6,8-10H,1,7H2. The lowest BCUT2D eigenvalue weighted by Gasteiger charge is -2.08. The van der Waals surface area contributed by atoms with Gasteiger partial charge in [0, 0.05) is 0 Å². The number of para-hydroxylation sites is 2. The maximum atomic E-state index is 12.8. The first-order valence-electron chi connectivity index (χ1n) is 7.73. The Bertz CT molecular complexity index is 1240. The van der Waals surface area contributed by atoms with Crippen LogP contribution in [-0.2, 0) is 0 Å². The van der Waals surface area contributed by atoms with Crippen molar-refractivity contribution in [3.63, 3.8) is 0 Å². The Labute approximate surface area is 162 Å². The summed E-state index contributed by atoms with van der Waals surface area (Å²) in [5, 5.41) is 0.759. The number of nitrogens with zero attached hydrogens (tertiary/aromatic N) is 2. The lowest BCUT2D eigenvalue weighted by molar-refractivity contribution is 0.363. The van der Waals surface area contributed by atoms with Crippen LogP contribution in [0, 0.1) is 0 Å². The molecule has 2 aromatic heterocycles.